The number of benzene rings is 1. The van der Waals surface area contributed by atoms with Gasteiger partial charge < -0.3 is 10.6 Å². The monoisotopic (exact) mass is 358 g/mol. The molecule has 0 aliphatic heterocycles. The molecule has 0 aliphatic carbocycles. The third-order valence-electron chi connectivity index (χ3n) is 2.87. The zero-order valence-corrected chi connectivity index (χ0v) is 13.5. The second-order valence-corrected chi connectivity index (χ2v) is 5.64. The van der Waals surface area contributed by atoms with Crippen LogP contribution in [-0.4, -0.2) is 21.9 Å². The second kappa shape index (κ2) is 7.04. The first-order valence-corrected chi connectivity index (χ1v) is 7.31. The van der Waals surface area contributed by atoms with Gasteiger partial charge in [-0.2, -0.15) is 13.2 Å². The molecule has 5 nitrogen and oxygen atoms in total. The molecule has 0 aliphatic rings. The molecule has 9 heteroatoms. The van der Waals surface area contributed by atoms with Gasteiger partial charge in [-0.1, -0.05) is 11.6 Å². The smallest absolute Gasteiger partial charge is 0.368 e. The third-order valence-corrected chi connectivity index (χ3v) is 3.20. The van der Waals surface area contributed by atoms with Gasteiger partial charge in [0.1, 0.15) is 17.8 Å². The number of nitrogens with zero attached hydrogens (tertiary/aromatic N) is 2. The van der Waals surface area contributed by atoms with E-state index in [0.29, 0.717) is 5.82 Å². The van der Waals surface area contributed by atoms with Gasteiger partial charge >= 0.3 is 6.18 Å². The summed E-state index contributed by atoms with van der Waals surface area (Å²) in [5.41, 5.74) is -1.03. The van der Waals surface area contributed by atoms with Crippen LogP contribution in [0, 0.1) is 0 Å². The molecule has 1 aromatic carbocycles. The number of nitrogens with one attached hydrogen (secondary N) is 2. The van der Waals surface area contributed by atoms with E-state index >= 15 is 0 Å². The van der Waals surface area contributed by atoms with E-state index in [9.17, 15) is 18.0 Å². The minimum atomic E-state index is -4.61. The van der Waals surface area contributed by atoms with Crippen molar-refractivity contribution in [1.82, 2.24) is 9.97 Å². The maximum absolute atomic E-state index is 12.8. The molecule has 0 unspecified atom stereocenters. The summed E-state index contributed by atoms with van der Waals surface area (Å²) in [6.07, 6.45) is -3.41. The van der Waals surface area contributed by atoms with Crippen molar-refractivity contribution in [2.45, 2.75) is 26.1 Å². The lowest BCUT2D eigenvalue weighted by atomic mass is 10.2. The largest absolute Gasteiger partial charge is 0.417 e. The van der Waals surface area contributed by atoms with Gasteiger partial charge in [0.25, 0.3) is 5.91 Å². The number of aromatic nitrogens is 2. The average molecular weight is 359 g/mol. The molecule has 128 valence electrons. The quantitative estimate of drug-likeness (QED) is 0.858. The summed E-state index contributed by atoms with van der Waals surface area (Å²) < 4.78 is 38.5. The van der Waals surface area contributed by atoms with E-state index in [1.807, 2.05) is 13.8 Å². The van der Waals surface area contributed by atoms with E-state index in [2.05, 4.69) is 20.6 Å². The van der Waals surface area contributed by atoms with Gasteiger partial charge in [-0.05, 0) is 32.0 Å². The third kappa shape index (κ3) is 4.58. The lowest BCUT2D eigenvalue weighted by molar-refractivity contribution is -0.137. The minimum absolute atomic E-state index is 0.0247. The van der Waals surface area contributed by atoms with Crippen molar-refractivity contribution < 1.29 is 18.0 Å². The van der Waals surface area contributed by atoms with Gasteiger partial charge in [-0.25, -0.2) is 9.97 Å². The number of halogens is 4. The van der Waals surface area contributed by atoms with E-state index in [0.717, 1.165) is 12.1 Å². The Morgan fingerprint density at radius 1 is 1.21 bits per heavy atom. The Hall–Kier alpha value is -2.35. The molecule has 2 N–H and O–H groups in total. The van der Waals surface area contributed by atoms with Crippen LogP contribution in [0.3, 0.4) is 0 Å². The number of carbonyl (C=O) groups is 1. The Morgan fingerprint density at radius 3 is 2.54 bits per heavy atom. The molecule has 24 heavy (non-hydrogen) atoms. The highest BCUT2D eigenvalue weighted by Crippen LogP contribution is 2.36. The molecule has 0 saturated carbocycles. The standard InChI is InChI=1S/C15H14ClF3N4O/c1-8(2)22-13-6-12(20-7-21-13)14(24)23-9-3-4-11(16)10(5-9)15(17,18)19/h3-8H,1-2H3,(H,23,24)(H,20,21,22). The van der Waals surface area contributed by atoms with Gasteiger partial charge in [-0.3, -0.25) is 4.79 Å². The second-order valence-electron chi connectivity index (χ2n) is 5.23. The Labute approximate surface area is 141 Å². The summed E-state index contributed by atoms with van der Waals surface area (Å²) in [4.78, 5) is 19.9. The fraction of sp³-hybridized carbons (Fsp3) is 0.267. The van der Waals surface area contributed by atoms with Crippen LogP contribution in [0.2, 0.25) is 5.02 Å². The van der Waals surface area contributed by atoms with Gasteiger partial charge in [-0.15, -0.1) is 0 Å². The number of anilines is 2. The lowest BCUT2D eigenvalue weighted by Crippen LogP contribution is -2.17. The van der Waals surface area contributed by atoms with Crippen LogP contribution in [0.25, 0.3) is 0 Å². The van der Waals surface area contributed by atoms with Crippen LogP contribution in [0.15, 0.2) is 30.6 Å². The number of carbonyl (C=O) groups excluding carboxylic acids is 1. The molecule has 0 radical (unpaired) electrons. The first-order chi connectivity index (χ1) is 11.2. The minimum Gasteiger partial charge on any atom is -0.368 e. The molecular formula is C15H14ClF3N4O. The van der Waals surface area contributed by atoms with Crippen molar-refractivity contribution in [3.8, 4) is 0 Å². The van der Waals surface area contributed by atoms with Crippen LogP contribution in [0.1, 0.15) is 29.9 Å². The molecule has 1 heterocycles. The summed E-state index contributed by atoms with van der Waals surface area (Å²) in [6, 6.07) is 4.64. The predicted molar refractivity (Wildman–Crippen MR) is 85.2 cm³/mol. The van der Waals surface area contributed by atoms with Crippen molar-refractivity contribution in [2.24, 2.45) is 0 Å². The van der Waals surface area contributed by atoms with E-state index in [4.69, 9.17) is 11.6 Å². The molecule has 1 aromatic heterocycles. The maximum Gasteiger partial charge on any atom is 0.417 e. The molecular weight excluding hydrogens is 345 g/mol. The SMILES string of the molecule is CC(C)Nc1cc(C(=O)Nc2ccc(Cl)c(C(F)(F)F)c2)ncn1. The fourth-order valence-corrected chi connectivity index (χ4v) is 2.10. The topological polar surface area (TPSA) is 66.9 Å². The first-order valence-electron chi connectivity index (χ1n) is 6.93. The van der Waals surface area contributed by atoms with E-state index in [-0.39, 0.29) is 17.4 Å². The molecule has 0 fully saturated rings. The molecule has 2 rings (SSSR count). The highest BCUT2D eigenvalue weighted by molar-refractivity contribution is 6.31. The molecule has 0 saturated heterocycles. The summed E-state index contributed by atoms with van der Waals surface area (Å²) in [5, 5.41) is 4.93. The number of alkyl halides is 3. The number of amides is 1. The lowest BCUT2D eigenvalue weighted by Gasteiger charge is -2.12. The van der Waals surface area contributed by atoms with Gasteiger partial charge in [0.2, 0.25) is 0 Å². The van der Waals surface area contributed by atoms with Crippen molar-refractivity contribution in [2.75, 3.05) is 10.6 Å². The Morgan fingerprint density at radius 2 is 1.92 bits per heavy atom. The summed E-state index contributed by atoms with van der Waals surface area (Å²) >= 11 is 5.54. The van der Waals surface area contributed by atoms with Crippen LogP contribution >= 0.6 is 11.6 Å². The normalized spacial score (nSPS) is 11.5. The van der Waals surface area contributed by atoms with E-state index in [1.54, 1.807) is 0 Å². The van der Waals surface area contributed by atoms with Gasteiger partial charge in [0.05, 0.1) is 10.6 Å². The highest BCUT2D eigenvalue weighted by atomic mass is 35.5. The van der Waals surface area contributed by atoms with Gasteiger partial charge in [0, 0.05) is 17.8 Å². The zero-order chi connectivity index (χ0) is 17.9. The molecule has 0 atom stereocenters. The highest BCUT2D eigenvalue weighted by Gasteiger charge is 2.33. The van der Waals surface area contributed by atoms with Crippen molar-refractivity contribution in [3.63, 3.8) is 0 Å². The van der Waals surface area contributed by atoms with Gasteiger partial charge in [0.15, 0.2) is 0 Å². The number of hydrogen-bond donors (Lipinski definition) is 2. The first kappa shape index (κ1) is 18.0. The zero-order valence-electron chi connectivity index (χ0n) is 12.8. The van der Waals surface area contributed by atoms with Crippen LogP contribution in [-0.2, 0) is 6.18 Å². The molecule has 1 amide bonds. The fourth-order valence-electron chi connectivity index (χ4n) is 1.87. The van der Waals surface area contributed by atoms with Crippen LogP contribution < -0.4 is 10.6 Å². The maximum atomic E-state index is 12.8. The predicted octanol–water partition coefficient (Wildman–Crippen LogP) is 4.22. The van der Waals surface area contributed by atoms with E-state index < -0.39 is 22.7 Å². The summed E-state index contributed by atoms with van der Waals surface area (Å²) in [5.74, 6) is -0.211. The van der Waals surface area contributed by atoms with Crippen molar-refractivity contribution >= 4 is 29.0 Å². The average Bonchev–Trinajstić information content (AvgIpc) is 2.47. The van der Waals surface area contributed by atoms with E-state index in [1.165, 1.54) is 18.5 Å². The molecule has 0 spiro atoms. The Bertz CT molecular complexity index is 750. The van der Waals surface area contributed by atoms with Crippen molar-refractivity contribution in [3.05, 3.63) is 46.9 Å². The molecule has 0 bridgehead atoms. The number of hydrogen-bond acceptors (Lipinski definition) is 4. The Balaban J connectivity index is 2.21. The number of rotatable bonds is 4. The Kier molecular flexibility index (Phi) is 5.28. The van der Waals surface area contributed by atoms with Crippen LogP contribution in [0.4, 0.5) is 24.7 Å². The van der Waals surface area contributed by atoms with Crippen molar-refractivity contribution in [1.29, 1.82) is 0 Å². The van der Waals surface area contributed by atoms with Crippen LogP contribution in [0.5, 0.6) is 0 Å². The molecule has 2 aromatic rings. The summed E-state index contributed by atoms with van der Waals surface area (Å²) in [7, 11) is 0. The summed E-state index contributed by atoms with van der Waals surface area (Å²) in [6.45, 7) is 3.79.